The Morgan fingerprint density at radius 3 is 2.59 bits per heavy atom. The van der Waals surface area contributed by atoms with Gasteiger partial charge in [-0.1, -0.05) is 33.6 Å². The molecule has 1 heterocycles. The predicted octanol–water partition coefficient (Wildman–Crippen LogP) is 4.10. The van der Waals surface area contributed by atoms with E-state index in [2.05, 4.69) is 64.4 Å². The highest BCUT2D eigenvalue weighted by atomic mass is 79.9. The Morgan fingerprint density at radius 2 is 1.82 bits per heavy atom. The van der Waals surface area contributed by atoms with Crippen molar-refractivity contribution in [1.29, 1.82) is 0 Å². The van der Waals surface area contributed by atoms with E-state index >= 15 is 0 Å². The minimum atomic E-state index is 1.08. The Hall–Kier alpha value is -1.61. The average Bonchev–Trinajstić information content (AvgIpc) is 2.73. The first kappa shape index (κ1) is 10.5. The molecule has 0 saturated heterocycles. The van der Waals surface area contributed by atoms with E-state index in [9.17, 15) is 0 Å². The van der Waals surface area contributed by atoms with Gasteiger partial charge in [0.25, 0.3) is 0 Å². The summed E-state index contributed by atoms with van der Waals surface area (Å²) in [6.45, 7) is 2.09. The van der Waals surface area contributed by atoms with Gasteiger partial charge in [-0.25, -0.2) is 4.68 Å². The second-order valence-corrected chi connectivity index (χ2v) is 5.01. The third kappa shape index (κ3) is 1.87. The number of hydrogen-bond donors (Lipinski definition) is 0. The van der Waals surface area contributed by atoms with Gasteiger partial charge < -0.3 is 0 Å². The van der Waals surface area contributed by atoms with Crippen LogP contribution < -0.4 is 0 Å². The van der Waals surface area contributed by atoms with Gasteiger partial charge in [0.05, 0.1) is 17.4 Å². The van der Waals surface area contributed by atoms with E-state index in [1.165, 1.54) is 5.56 Å². The summed E-state index contributed by atoms with van der Waals surface area (Å²) in [7, 11) is 0. The van der Waals surface area contributed by atoms with Gasteiger partial charge in [0.1, 0.15) is 0 Å². The maximum atomic E-state index is 4.43. The van der Waals surface area contributed by atoms with Crippen molar-refractivity contribution in [2.75, 3.05) is 0 Å². The van der Waals surface area contributed by atoms with Gasteiger partial charge >= 0.3 is 0 Å². The Labute approximate surface area is 108 Å². The molecule has 0 aliphatic carbocycles. The second-order valence-electron chi connectivity index (χ2n) is 4.10. The van der Waals surface area contributed by atoms with Gasteiger partial charge in [0, 0.05) is 9.86 Å². The highest BCUT2D eigenvalue weighted by molar-refractivity contribution is 9.10. The molecule has 0 amide bonds. The molecule has 0 spiro atoms. The minimum Gasteiger partial charge on any atom is -0.233 e. The molecule has 84 valence electrons. The van der Waals surface area contributed by atoms with Gasteiger partial charge in [-0.2, -0.15) is 5.10 Å². The molecule has 3 heteroatoms. The van der Waals surface area contributed by atoms with Crippen LogP contribution in [0.1, 0.15) is 5.56 Å². The first-order chi connectivity index (χ1) is 8.24. The quantitative estimate of drug-likeness (QED) is 0.659. The number of aryl methyl sites for hydroxylation is 1. The first-order valence-electron chi connectivity index (χ1n) is 5.44. The maximum absolute atomic E-state index is 4.43. The molecule has 0 aliphatic rings. The molecular weight excluding hydrogens is 276 g/mol. The number of benzene rings is 2. The van der Waals surface area contributed by atoms with Gasteiger partial charge in [-0.3, -0.25) is 0 Å². The lowest BCUT2D eigenvalue weighted by Crippen LogP contribution is -1.95. The molecule has 0 N–H and O–H groups in total. The Bertz CT molecular complexity index is 668. The smallest absolute Gasteiger partial charge is 0.0741 e. The van der Waals surface area contributed by atoms with Crippen LogP contribution in [0.2, 0.25) is 0 Å². The summed E-state index contributed by atoms with van der Waals surface area (Å²) in [5, 5.41) is 5.57. The number of rotatable bonds is 1. The molecular formula is C14H11BrN2. The molecule has 2 aromatic carbocycles. The average molecular weight is 287 g/mol. The van der Waals surface area contributed by atoms with Crippen molar-refractivity contribution >= 4 is 26.8 Å². The van der Waals surface area contributed by atoms with Gasteiger partial charge in [-0.15, -0.1) is 0 Å². The largest absolute Gasteiger partial charge is 0.233 e. The summed E-state index contributed by atoms with van der Waals surface area (Å²) in [5.74, 6) is 0. The minimum absolute atomic E-state index is 1.08. The van der Waals surface area contributed by atoms with Gasteiger partial charge in [0.2, 0.25) is 0 Å². The van der Waals surface area contributed by atoms with Crippen LogP contribution in [0.15, 0.2) is 53.1 Å². The number of aromatic nitrogens is 2. The van der Waals surface area contributed by atoms with Crippen LogP contribution >= 0.6 is 15.9 Å². The van der Waals surface area contributed by atoms with E-state index in [0.29, 0.717) is 0 Å². The number of halogens is 1. The molecule has 0 fully saturated rings. The van der Waals surface area contributed by atoms with Crippen LogP contribution in [-0.4, -0.2) is 9.78 Å². The van der Waals surface area contributed by atoms with E-state index in [0.717, 1.165) is 21.1 Å². The van der Waals surface area contributed by atoms with Crippen molar-refractivity contribution < 1.29 is 0 Å². The molecule has 0 unspecified atom stereocenters. The first-order valence-corrected chi connectivity index (χ1v) is 6.24. The normalized spacial score (nSPS) is 10.9. The van der Waals surface area contributed by atoms with Crippen LogP contribution in [0, 0.1) is 6.92 Å². The van der Waals surface area contributed by atoms with E-state index < -0.39 is 0 Å². The van der Waals surface area contributed by atoms with Gasteiger partial charge in [0.15, 0.2) is 0 Å². The lowest BCUT2D eigenvalue weighted by molar-refractivity contribution is 0.910. The van der Waals surface area contributed by atoms with Crippen LogP contribution in [0.4, 0.5) is 0 Å². The van der Waals surface area contributed by atoms with E-state index in [4.69, 9.17) is 0 Å². The van der Waals surface area contributed by atoms with Gasteiger partial charge in [-0.05, 0) is 37.3 Å². The SMILES string of the molecule is Cc1ccc(-n2ncc3cc(Br)ccc32)cc1. The molecule has 0 atom stereocenters. The van der Waals surface area contributed by atoms with Crippen LogP contribution in [0.25, 0.3) is 16.6 Å². The number of hydrogen-bond acceptors (Lipinski definition) is 1. The standard InChI is InChI=1S/C14H11BrN2/c1-10-2-5-13(6-3-10)17-14-7-4-12(15)8-11(14)9-16-17/h2-9H,1H3. The summed E-state index contributed by atoms with van der Waals surface area (Å²) in [5.41, 5.74) is 3.47. The fraction of sp³-hybridized carbons (Fsp3) is 0.0714. The monoisotopic (exact) mass is 286 g/mol. The maximum Gasteiger partial charge on any atom is 0.0741 e. The van der Waals surface area contributed by atoms with Crippen molar-refractivity contribution in [3.63, 3.8) is 0 Å². The Kier molecular flexibility index (Phi) is 2.48. The molecule has 3 aromatic rings. The zero-order valence-electron chi connectivity index (χ0n) is 9.39. The summed E-state index contributed by atoms with van der Waals surface area (Å²) >= 11 is 3.47. The molecule has 0 bridgehead atoms. The molecule has 1 aromatic heterocycles. The van der Waals surface area contributed by atoms with Crippen molar-refractivity contribution in [2.45, 2.75) is 6.92 Å². The van der Waals surface area contributed by atoms with Crippen molar-refractivity contribution in [1.82, 2.24) is 9.78 Å². The topological polar surface area (TPSA) is 17.8 Å². The van der Waals surface area contributed by atoms with Crippen molar-refractivity contribution in [2.24, 2.45) is 0 Å². The number of fused-ring (bicyclic) bond motifs is 1. The summed E-state index contributed by atoms with van der Waals surface area (Å²) < 4.78 is 3.04. The molecule has 0 saturated carbocycles. The van der Waals surface area contributed by atoms with E-state index in [1.54, 1.807) is 0 Å². The Balaban J connectivity index is 2.21. The fourth-order valence-electron chi connectivity index (χ4n) is 1.90. The second kappa shape index (κ2) is 4.00. The van der Waals surface area contributed by atoms with Crippen LogP contribution in [0.3, 0.4) is 0 Å². The van der Waals surface area contributed by atoms with Crippen molar-refractivity contribution in [3.8, 4) is 5.69 Å². The zero-order valence-corrected chi connectivity index (χ0v) is 11.0. The molecule has 17 heavy (non-hydrogen) atoms. The zero-order chi connectivity index (χ0) is 11.8. The molecule has 0 aliphatic heterocycles. The van der Waals surface area contributed by atoms with E-state index in [-0.39, 0.29) is 0 Å². The summed E-state index contributed by atoms with van der Waals surface area (Å²) in [6.07, 6.45) is 1.89. The van der Waals surface area contributed by atoms with Crippen LogP contribution in [-0.2, 0) is 0 Å². The highest BCUT2D eigenvalue weighted by Gasteiger charge is 2.04. The highest BCUT2D eigenvalue weighted by Crippen LogP contribution is 2.22. The lowest BCUT2D eigenvalue weighted by Gasteiger charge is -2.03. The summed E-state index contributed by atoms with van der Waals surface area (Å²) in [4.78, 5) is 0. The third-order valence-electron chi connectivity index (χ3n) is 2.81. The Morgan fingerprint density at radius 1 is 1.06 bits per heavy atom. The molecule has 3 rings (SSSR count). The predicted molar refractivity (Wildman–Crippen MR) is 73.5 cm³/mol. The van der Waals surface area contributed by atoms with E-state index in [1.807, 2.05) is 16.9 Å². The molecule has 0 radical (unpaired) electrons. The number of nitrogens with zero attached hydrogens (tertiary/aromatic N) is 2. The summed E-state index contributed by atoms with van der Waals surface area (Å²) in [6, 6.07) is 14.6. The molecule has 2 nitrogen and oxygen atoms in total. The van der Waals surface area contributed by atoms with Crippen LogP contribution in [0.5, 0.6) is 0 Å². The lowest BCUT2D eigenvalue weighted by atomic mass is 10.2. The fourth-order valence-corrected chi connectivity index (χ4v) is 2.27. The van der Waals surface area contributed by atoms with Crippen molar-refractivity contribution in [3.05, 3.63) is 58.7 Å². The third-order valence-corrected chi connectivity index (χ3v) is 3.30.